The zero-order valence-corrected chi connectivity index (χ0v) is 17.7. The predicted molar refractivity (Wildman–Crippen MR) is 104 cm³/mol. The first-order valence-electron chi connectivity index (χ1n) is 8.36. The van der Waals surface area contributed by atoms with Gasteiger partial charge in [0.1, 0.15) is 28.0 Å². The highest BCUT2D eigenvalue weighted by Gasteiger charge is 2.32. The van der Waals surface area contributed by atoms with Gasteiger partial charge in [-0.15, -0.1) is 0 Å². The standard InChI is InChI=1S/C18H16F3N3O4S2/c1-10-22-18(29-23-10)24(9-11-4-5-12(27-2)6-16(11)28-3)30(25,26)17-8-14(20)13(19)7-15(17)21/h4-8H,9H2,1-3H3. The van der Waals surface area contributed by atoms with Gasteiger partial charge in [-0.05, 0) is 19.1 Å². The lowest BCUT2D eigenvalue weighted by molar-refractivity contribution is 0.391. The van der Waals surface area contributed by atoms with Gasteiger partial charge in [-0.2, -0.15) is 4.37 Å². The van der Waals surface area contributed by atoms with Crippen molar-refractivity contribution in [3.05, 3.63) is 59.2 Å². The van der Waals surface area contributed by atoms with Crippen LogP contribution in [0.15, 0.2) is 35.2 Å². The van der Waals surface area contributed by atoms with Crippen molar-refractivity contribution in [1.82, 2.24) is 9.36 Å². The monoisotopic (exact) mass is 459 g/mol. The normalized spacial score (nSPS) is 11.4. The molecule has 0 aliphatic heterocycles. The summed E-state index contributed by atoms with van der Waals surface area (Å²) in [5.74, 6) is -3.35. The summed E-state index contributed by atoms with van der Waals surface area (Å²) >= 11 is 0.763. The summed E-state index contributed by atoms with van der Waals surface area (Å²) in [6.07, 6.45) is 0. The van der Waals surface area contributed by atoms with E-state index in [1.807, 2.05) is 0 Å². The molecule has 0 spiro atoms. The van der Waals surface area contributed by atoms with E-state index in [0.717, 1.165) is 15.8 Å². The SMILES string of the molecule is COc1ccc(CN(c2nc(C)ns2)S(=O)(=O)c2cc(F)c(F)cc2F)c(OC)c1. The van der Waals surface area contributed by atoms with E-state index in [9.17, 15) is 21.6 Å². The van der Waals surface area contributed by atoms with Crippen LogP contribution in [0, 0.1) is 24.4 Å². The number of hydrogen-bond acceptors (Lipinski definition) is 7. The van der Waals surface area contributed by atoms with Gasteiger partial charge in [-0.1, -0.05) is 0 Å². The Morgan fingerprint density at radius 1 is 1.03 bits per heavy atom. The number of sulfonamides is 1. The van der Waals surface area contributed by atoms with E-state index in [4.69, 9.17) is 9.47 Å². The molecule has 0 saturated heterocycles. The Hall–Kier alpha value is -2.86. The third-order valence-corrected chi connectivity index (χ3v) is 6.78. The topological polar surface area (TPSA) is 81.6 Å². The number of aryl methyl sites for hydroxylation is 1. The number of halogens is 3. The Balaban J connectivity index is 2.14. The third-order valence-electron chi connectivity index (χ3n) is 4.08. The number of benzene rings is 2. The number of hydrogen-bond donors (Lipinski definition) is 0. The Labute approximate surface area is 174 Å². The molecule has 0 saturated carbocycles. The van der Waals surface area contributed by atoms with Gasteiger partial charge in [-0.25, -0.2) is 30.9 Å². The third kappa shape index (κ3) is 4.19. The summed E-state index contributed by atoms with van der Waals surface area (Å²) < 4.78 is 82.9. The van der Waals surface area contributed by atoms with Gasteiger partial charge in [-0.3, -0.25) is 0 Å². The van der Waals surface area contributed by atoms with Gasteiger partial charge in [0.15, 0.2) is 11.6 Å². The molecule has 0 amide bonds. The second-order valence-corrected chi connectivity index (χ2v) is 8.57. The van der Waals surface area contributed by atoms with Gasteiger partial charge >= 0.3 is 0 Å². The lowest BCUT2D eigenvalue weighted by Crippen LogP contribution is -2.31. The van der Waals surface area contributed by atoms with E-state index < -0.39 is 32.4 Å². The molecule has 0 bridgehead atoms. The molecule has 160 valence electrons. The lowest BCUT2D eigenvalue weighted by atomic mass is 10.2. The highest BCUT2D eigenvalue weighted by atomic mass is 32.2. The van der Waals surface area contributed by atoms with Crippen molar-refractivity contribution in [2.45, 2.75) is 18.4 Å². The van der Waals surface area contributed by atoms with Gasteiger partial charge in [0, 0.05) is 35.3 Å². The van der Waals surface area contributed by atoms with E-state index in [1.165, 1.54) is 14.2 Å². The molecule has 0 unspecified atom stereocenters. The van der Waals surface area contributed by atoms with Crippen LogP contribution in [-0.2, 0) is 16.6 Å². The van der Waals surface area contributed by atoms with Crippen LogP contribution in [-0.4, -0.2) is 32.0 Å². The molecule has 3 rings (SSSR count). The van der Waals surface area contributed by atoms with Crippen molar-refractivity contribution in [2.24, 2.45) is 0 Å². The molecule has 30 heavy (non-hydrogen) atoms. The zero-order valence-electron chi connectivity index (χ0n) is 16.0. The summed E-state index contributed by atoms with van der Waals surface area (Å²) in [5.41, 5.74) is 0.401. The minimum atomic E-state index is -4.68. The molecule has 0 aliphatic rings. The Morgan fingerprint density at radius 3 is 2.33 bits per heavy atom. The Morgan fingerprint density at radius 2 is 1.73 bits per heavy atom. The van der Waals surface area contributed by atoms with Crippen molar-refractivity contribution < 1.29 is 31.1 Å². The minimum absolute atomic E-state index is 0.0745. The van der Waals surface area contributed by atoms with Crippen molar-refractivity contribution in [2.75, 3.05) is 18.5 Å². The van der Waals surface area contributed by atoms with Gasteiger partial charge in [0.2, 0.25) is 5.13 Å². The summed E-state index contributed by atoms with van der Waals surface area (Å²) in [7, 11) is -1.83. The summed E-state index contributed by atoms with van der Waals surface area (Å²) in [6.45, 7) is 1.22. The van der Waals surface area contributed by atoms with Gasteiger partial charge in [0.25, 0.3) is 10.0 Å². The number of anilines is 1. The van der Waals surface area contributed by atoms with Crippen LogP contribution in [0.25, 0.3) is 0 Å². The lowest BCUT2D eigenvalue weighted by Gasteiger charge is -2.23. The van der Waals surface area contributed by atoms with Crippen LogP contribution < -0.4 is 13.8 Å². The van der Waals surface area contributed by atoms with Crippen LogP contribution in [0.5, 0.6) is 11.5 Å². The predicted octanol–water partition coefficient (Wildman–Crippen LogP) is 3.68. The number of nitrogens with zero attached hydrogens (tertiary/aromatic N) is 3. The van der Waals surface area contributed by atoms with Crippen LogP contribution in [0.1, 0.15) is 11.4 Å². The molecule has 0 atom stereocenters. The average molecular weight is 459 g/mol. The van der Waals surface area contributed by atoms with E-state index >= 15 is 0 Å². The molecule has 0 radical (unpaired) electrons. The molecule has 7 nitrogen and oxygen atoms in total. The van der Waals surface area contributed by atoms with Crippen LogP contribution in [0.3, 0.4) is 0 Å². The highest BCUT2D eigenvalue weighted by molar-refractivity contribution is 7.93. The second kappa shape index (κ2) is 8.48. The minimum Gasteiger partial charge on any atom is -0.497 e. The van der Waals surface area contributed by atoms with Gasteiger partial charge in [0.05, 0.1) is 20.8 Å². The smallest absolute Gasteiger partial charge is 0.269 e. The quantitative estimate of drug-likeness (QED) is 0.502. The molecule has 12 heteroatoms. The summed E-state index contributed by atoms with van der Waals surface area (Å²) in [4.78, 5) is 3.03. The fourth-order valence-corrected chi connectivity index (χ4v) is 4.93. The zero-order chi connectivity index (χ0) is 22.1. The average Bonchev–Trinajstić information content (AvgIpc) is 3.14. The molecule has 1 heterocycles. The number of rotatable bonds is 7. The molecule has 1 aromatic heterocycles. The van der Waals surface area contributed by atoms with Crippen LogP contribution in [0.2, 0.25) is 0 Å². The molecule has 0 fully saturated rings. The van der Waals surface area contributed by atoms with Crippen LogP contribution in [0.4, 0.5) is 18.3 Å². The fourth-order valence-electron chi connectivity index (χ4n) is 2.60. The van der Waals surface area contributed by atoms with Gasteiger partial charge < -0.3 is 9.47 Å². The first kappa shape index (κ1) is 21.8. The highest BCUT2D eigenvalue weighted by Crippen LogP contribution is 2.33. The summed E-state index contributed by atoms with van der Waals surface area (Å²) in [6, 6.07) is 5.18. The van der Waals surface area contributed by atoms with Crippen molar-refractivity contribution >= 4 is 26.7 Å². The van der Waals surface area contributed by atoms with Crippen molar-refractivity contribution in [1.29, 1.82) is 0 Å². The molecule has 0 aliphatic carbocycles. The van der Waals surface area contributed by atoms with Crippen LogP contribution >= 0.6 is 11.5 Å². The van der Waals surface area contributed by atoms with E-state index in [0.29, 0.717) is 29.0 Å². The van der Waals surface area contributed by atoms with E-state index in [2.05, 4.69) is 9.36 Å². The first-order chi connectivity index (χ1) is 14.2. The molecular weight excluding hydrogens is 443 g/mol. The first-order valence-corrected chi connectivity index (χ1v) is 10.6. The fraction of sp³-hybridized carbons (Fsp3) is 0.222. The van der Waals surface area contributed by atoms with E-state index in [-0.39, 0.29) is 17.7 Å². The Bertz CT molecular complexity index is 1190. The van der Waals surface area contributed by atoms with Crippen molar-refractivity contribution in [3.63, 3.8) is 0 Å². The number of aromatic nitrogens is 2. The van der Waals surface area contributed by atoms with Crippen molar-refractivity contribution in [3.8, 4) is 11.5 Å². The maximum absolute atomic E-state index is 14.3. The maximum atomic E-state index is 14.3. The molecular formula is C18H16F3N3O4S2. The molecule has 3 aromatic rings. The largest absolute Gasteiger partial charge is 0.497 e. The maximum Gasteiger partial charge on any atom is 0.269 e. The van der Waals surface area contributed by atoms with E-state index in [1.54, 1.807) is 25.1 Å². The Kier molecular flexibility index (Phi) is 6.17. The summed E-state index contributed by atoms with van der Waals surface area (Å²) in [5, 5.41) is -0.0745. The molecule has 0 N–H and O–H groups in total. The number of ether oxygens (including phenoxy) is 2. The molecule has 2 aromatic carbocycles. The second-order valence-electron chi connectivity index (χ2n) is 6.01. The number of methoxy groups -OCH3 is 2.